The first-order valence-electron chi connectivity index (χ1n) is 7.61. The molecule has 0 bridgehead atoms. The van der Waals surface area contributed by atoms with Crippen molar-refractivity contribution in [1.29, 1.82) is 0 Å². The van der Waals surface area contributed by atoms with Gasteiger partial charge in [-0.05, 0) is 23.6 Å². The highest BCUT2D eigenvalue weighted by molar-refractivity contribution is 5.88. The van der Waals surface area contributed by atoms with Gasteiger partial charge < -0.3 is 14.2 Å². The Morgan fingerprint density at radius 1 is 1.33 bits per heavy atom. The molecule has 4 nitrogen and oxygen atoms in total. The van der Waals surface area contributed by atoms with Gasteiger partial charge in [-0.2, -0.15) is 0 Å². The Hall–Kier alpha value is -1.81. The number of methoxy groups -OCH3 is 1. The standard InChI is InChI=1S/C17H22N2O2/c1-3-16(20)19-8-7-14-11-18(9-10-21-2)15-6-4-5-13(12-19)17(14)15/h4-6,11H,3,7-10,12H2,1-2H3. The maximum Gasteiger partial charge on any atom is 0.222 e. The number of carbonyl (C=O) groups is 1. The summed E-state index contributed by atoms with van der Waals surface area (Å²) in [4.78, 5) is 14.0. The number of carbonyl (C=O) groups excluding carboxylic acids is 1. The van der Waals surface area contributed by atoms with E-state index in [1.165, 1.54) is 22.0 Å². The van der Waals surface area contributed by atoms with Crippen LogP contribution in [0.1, 0.15) is 24.5 Å². The fraction of sp³-hybridized carbons (Fsp3) is 0.471. The summed E-state index contributed by atoms with van der Waals surface area (Å²) in [5.41, 5.74) is 3.87. The lowest BCUT2D eigenvalue weighted by Crippen LogP contribution is -2.30. The van der Waals surface area contributed by atoms with Crippen LogP contribution in [0.25, 0.3) is 10.9 Å². The Morgan fingerprint density at radius 2 is 2.19 bits per heavy atom. The Bertz CT molecular complexity index is 660. The van der Waals surface area contributed by atoms with Crippen LogP contribution in [0.15, 0.2) is 24.4 Å². The molecule has 1 aromatic carbocycles. The first-order valence-corrected chi connectivity index (χ1v) is 7.61. The van der Waals surface area contributed by atoms with Crippen LogP contribution in [0.2, 0.25) is 0 Å². The molecule has 1 aliphatic rings. The molecule has 4 heteroatoms. The third-order valence-corrected chi connectivity index (χ3v) is 4.27. The van der Waals surface area contributed by atoms with Crippen LogP contribution in [0.5, 0.6) is 0 Å². The van der Waals surface area contributed by atoms with E-state index >= 15 is 0 Å². The molecule has 3 rings (SSSR count). The molecule has 2 aromatic rings. The smallest absolute Gasteiger partial charge is 0.222 e. The molecule has 0 saturated heterocycles. The van der Waals surface area contributed by atoms with Gasteiger partial charge in [0.1, 0.15) is 0 Å². The minimum Gasteiger partial charge on any atom is -0.383 e. The summed E-state index contributed by atoms with van der Waals surface area (Å²) < 4.78 is 7.47. The van der Waals surface area contributed by atoms with Crippen LogP contribution in [-0.2, 0) is 29.0 Å². The first-order chi connectivity index (χ1) is 10.2. The molecule has 0 atom stereocenters. The second-order valence-corrected chi connectivity index (χ2v) is 5.57. The van der Waals surface area contributed by atoms with E-state index in [2.05, 4.69) is 29.0 Å². The number of hydrogen-bond donors (Lipinski definition) is 0. The molecule has 0 N–H and O–H groups in total. The molecule has 0 unspecified atom stereocenters. The zero-order valence-corrected chi connectivity index (χ0v) is 12.8. The molecule has 21 heavy (non-hydrogen) atoms. The van der Waals surface area contributed by atoms with Crippen LogP contribution >= 0.6 is 0 Å². The first kappa shape index (κ1) is 14.1. The maximum absolute atomic E-state index is 12.0. The Labute approximate surface area is 125 Å². The lowest BCUT2D eigenvalue weighted by atomic mass is 10.1. The molecule has 2 heterocycles. The minimum atomic E-state index is 0.240. The molecule has 0 saturated carbocycles. The maximum atomic E-state index is 12.0. The van der Waals surface area contributed by atoms with E-state index < -0.39 is 0 Å². The average Bonchev–Trinajstić information content (AvgIpc) is 2.75. The predicted octanol–water partition coefficient (Wildman–Crippen LogP) is 2.58. The highest BCUT2D eigenvalue weighted by Gasteiger charge is 2.21. The van der Waals surface area contributed by atoms with E-state index in [1.54, 1.807) is 7.11 Å². The number of rotatable bonds is 4. The van der Waals surface area contributed by atoms with Gasteiger partial charge in [-0.1, -0.05) is 19.1 Å². The van der Waals surface area contributed by atoms with Gasteiger partial charge in [0.05, 0.1) is 6.61 Å². The van der Waals surface area contributed by atoms with Crippen LogP contribution in [0.4, 0.5) is 0 Å². The van der Waals surface area contributed by atoms with Gasteiger partial charge in [0.15, 0.2) is 0 Å². The quantitative estimate of drug-likeness (QED) is 0.866. The lowest BCUT2D eigenvalue weighted by molar-refractivity contribution is -0.131. The van der Waals surface area contributed by atoms with Crippen molar-refractivity contribution in [3.05, 3.63) is 35.5 Å². The van der Waals surface area contributed by atoms with Crippen molar-refractivity contribution in [3.63, 3.8) is 0 Å². The second kappa shape index (κ2) is 5.90. The van der Waals surface area contributed by atoms with Crippen LogP contribution < -0.4 is 0 Å². The molecule has 0 spiro atoms. The molecular formula is C17H22N2O2. The van der Waals surface area contributed by atoms with Gasteiger partial charge in [-0.3, -0.25) is 4.79 Å². The van der Waals surface area contributed by atoms with Gasteiger partial charge >= 0.3 is 0 Å². The van der Waals surface area contributed by atoms with Crippen LogP contribution in [0.3, 0.4) is 0 Å². The summed E-state index contributed by atoms with van der Waals surface area (Å²) in [6.45, 7) is 5.05. The molecule has 1 aromatic heterocycles. The Balaban J connectivity index is 2.01. The van der Waals surface area contributed by atoms with Crippen molar-refractivity contribution in [2.75, 3.05) is 20.3 Å². The third kappa shape index (κ3) is 2.56. The SMILES string of the molecule is CCC(=O)N1CCc2cn(CCOC)c3cccc(c23)C1. The van der Waals surface area contributed by atoms with E-state index in [0.29, 0.717) is 13.0 Å². The number of nitrogens with zero attached hydrogens (tertiary/aromatic N) is 2. The highest BCUT2D eigenvalue weighted by Crippen LogP contribution is 2.29. The molecule has 0 fully saturated rings. The fourth-order valence-corrected chi connectivity index (χ4v) is 3.19. The minimum absolute atomic E-state index is 0.240. The van der Waals surface area contributed by atoms with Crippen LogP contribution in [-0.4, -0.2) is 35.6 Å². The van der Waals surface area contributed by atoms with Gasteiger partial charge in [0.2, 0.25) is 5.91 Å². The van der Waals surface area contributed by atoms with Crippen molar-refractivity contribution in [2.45, 2.75) is 32.9 Å². The van der Waals surface area contributed by atoms with E-state index in [4.69, 9.17) is 4.74 Å². The van der Waals surface area contributed by atoms with Crippen LogP contribution in [0, 0.1) is 0 Å². The predicted molar refractivity (Wildman–Crippen MR) is 83.2 cm³/mol. The largest absolute Gasteiger partial charge is 0.383 e. The van der Waals surface area contributed by atoms with E-state index in [-0.39, 0.29) is 5.91 Å². The lowest BCUT2D eigenvalue weighted by Gasteiger charge is -2.20. The number of aromatic nitrogens is 1. The summed E-state index contributed by atoms with van der Waals surface area (Å²) in [5.74, 6) is 0.240. The average molecular weight is 286 g/mol. The van der Waals surface area contributed by atoms with Crippen molar-refractivity contribution >= 4 is 16.8 Å². The number of hydrogen-bond acceptors (Lipinski definition) is 2. The topological polar surface area (TPSA) is 34.5 Å². The molecule has 0 radical (unpaired) electrons. The Kier molecular flexibility index (Phi) is 3.97. The van der Waals surface area contributed by atoms with Crippen molar-refractivity contribution in [3.8, 4) is 0 Å². The second-order valence-electron chi connectivity index (χ2n) is 5.57. The summed E-state index contributed by atoms with van der Waals surface area (Å²) in [7, 11) is 1.73. The number of benzene rings is 1. The third-order valence-electron chi connectivity index (χ3n) is 4.27. The molecule has 0 aliphatic carbocycles. The highest BCUT2D eigenvalue weighted by atomic mass is 16.5. The van der Waals surface area contributed by atoms with Gasteiger partial charge in [0.25, 0.3) is 0 Å². The molecule has 1 amide bonds. The van der Waals surface area contributed by atoms with E-state index in [9.17, 15) is 4.79 Å². The summed E-state index contributed by atoms with van der Waals surface area (Å²) in [6.07, 6.45) is 3.74. The molecule has 1 aliphatic heterocycles. The number of amides is 1. The van der Waals surface area contributed by atoms with Crippen molar-refractivity contribution in [2.24, 2.45) is 0 Å². The van der Waals surface area contributed by atoms with Crippen molar-refractivity contribution in [1.82, 2.24) is 9.47 Å². The van der Waals surface area contributed by atoms with Gasteiger partial charge in [0, 0.05) is 50.3 Å². The van der Waals surface area contributed by atoms with E-state index in [1.807, 2.05) is 11.8 Å². The summed E-state index contributed by atoms with van der Waals surface area (Å²) >= 11 is 0. The monoisotopic (exact) mass is 286 g/mol. The molecular weight excluding hydrogens is 264 g/mol. The summed E-state index contributed by atoms with van der Waals surface area (Å²) in [5, 5.41) is 1.33. The molecule has 112 valence electrons. The zero-order chi connectivity index (χ0) is 14.8. The van der Waals surface area contributed by atoms with Crippen molar-refractivity contribution < 1.29 is 9.53 Å². The van der Waals surface area contributed by atoms with Gasteiger partial charge in [-0.25, -0.2) is 0 Å². The van der Waals surface area contributed by atoms with Gasteiger partial charge in [-0.15, -0.1) is 0 Å². The zero-order valence-electron chi connectivity index (χ0n) is 12.8. The number of ether oxygens (including phenoxy) is 1. The van der Waals surface area contributed by atoms with E-state index in [0.717, 1.165) is 26.1 Å². The fourth-order valence-electron chi connectivity index (χ4n) is 3.19. The summed E-state index contributed by atoms with van der Waals surface area (Å²) in [6, 6.07) is 6.40. The normalized spacial score (nSPS) is 14.5. The Morgan fingerprint density at radius 3 is 2.95 bits per heavy atom.